The summed E-state index contributed by atoms with van der Waals surface area (Å²) in [5, 5.41) is 5.79. The maximum atomic E-state index is 13.3. The largest absolute Gasteiger partial charge is 0.460 e. The molecule has 45 heavy (non-hydrogen) atoms. The van der Waals surface area contributed by atoms with E-state index in [1.165, 1.54) is 0 Å². The summed E-state index contributed by atoms with van der Waals surface area (Å²) >= 11 is 0. The fraction of sp³-hybridized carbons (Fsp3) is 0.500. The first-order valence-corrected chi connectivity index (χ1v) is 16.3. The number of esters is 1. The Kier molecular flexibility index (Phi) is 9.47. The van der Waals surface area contributed by atoms with E-state index < -0.39 is 5.60 Å². The van der Waals surface area contributed by atoms with Crippen molar-refractivity contribution in [3.05, 3.63) is 77.9 Å². The molecule has 3 aromatic heterocycles. The summed E-state index contributed by atoms with van der Waals surface area (Å²) in [6.07, 6.45) is 7.32. The molecule has 9 nitrogen and oxygen atoms in total. The molecule has 0 spiro atoms. The highest BCUT2D eigenvalue weighted by molar-refractivity contribution is 5.74. The third kappa shape index (κ3) is 8.27. The summed E-state index contributed by atoms with van der Waals surface area (Å²) in [5.41, 5.74) is 5.65. The monoisotopic (exact) mass is 610 g/mol. The Labute approximate surface area is 266 Å². The highest BCUT2D eigenvalue weighted by Crippen LogP contribution is 2.32. The number of rotatable bonds is 10. The maximum Gasteiger partial charge on any atom is 0.306 e. The predicted molar refractivity (Wildman–Crippen MR) is 177 cm³/mol. The van der Waals surface area contributed by atoms with Crippen LogP contribution in [-0.4, -0.2) is 82.2 Å². The normalized spacial score (nSPS) is 18.4. The fourth-order valence-electron chi connectivity index (χ4n) is 6.53. The zero-order valence-electron chi connectivity index (χ0n) is 27.1. The number of carbonyl (C=O) groups excluding carboxylic acids is 1. The number of hydrogen-bond donors (Lipinski definition) is 0. The van der Waals surface area contributed by atoms with Gasteiger partial charge in [0.15, 0.2) is 5.65 Å². The van der Waals surface area contributed by atoms with Gasteiger partial charge < -0.3 is 19.3 Å². The van der Waals surface area contributed by atoms with Gasteiger partial charge in [-0.25, -0.2) is 14.6 Å². The lowest BCUT2D eigenvalue weighted by molar-refractivity contribution is -0.155. The Hall–Kier alpha value is -3.82. The van der Waals surface area contributed by atoms with E-state index in [9.17, 15) is 4.79 Å². The van der Waals surface area contributed by atoms with Crippen molar-refractivity contribution in [3.63, 3.8) is 0 Å². The summed E-state index contributed by atoms with van der Waals surface area (Å²) in [4.78, 5) is 27.4. The first-order valence-electron chi connectivity index (χ1n) is 16.3. The van der Waals surface area contributed by atoms with Crippen LogP contribution in [-0.2, 0) is 20.7 Å². The SMILES string of the molecule is Cc1ccn(-c2cc(C(CC(=O)OC(C)(C)C)CN3CC[C@@H](CCc4ccc5cccnc5n4)C3)cc(N3CCOCC3)c2)n1. The molecule has 2 fully saturated rings. The van der Waals surface area contributed by atoms with Crippen molar-refractivity contribution in [2.24, 2.45) is 5.92 Å². The standard InChI is InChI=1S/C36H46N6O3/c1-26-11-15-42(39-26)33-21-29(20-32(23-33)41-16-18-44-19-17-41)30(22-34(43)45-36(2,3)4)25-40-14-12-27(24-40)7-9-31-10-8-28-6-5-13-37-35(28)38-31/h5-6,8,10-11,13,15,20-21,23,27,30H,7,9,12,14,16-19,22,24-25H2,1-4H3/t27-,30?/m1/s1. The van der Waals surface area contributed by atoms with E-state index in [1.54, 1.807) is 6.20 Å². The number of anilines is 1. The van der Waals surface area contributed by atoms with Gasteiger partial charge in [-0.05, 0) is 114 Å². The van der Waals surface area contributed by atoms with Gasteiger partial charge in [-0.2, -0.15) is 5.10 Å². The lowest BCUT2D eigenvalue weighted by Crippen LogP contribution is -2.36. The quantitative estimate of drug-likeness (QED) is 0.211. The zero-order valence-corrected chi connectivity index (χ0v) is 27.1. The second-order valence-electron chi connectivity index (χ2n) is 13.6. The first kappa shape index (κ1) is 31.2. The van der Waals surface area contributed by atoms with Gasteiger partial charge in [0.05, 0.1) is 31.0 Å². The highest BCUT2D eigenvalue weighted by Gasteiger charge is 2.29. The Morgan fingerprint density at radius 1 is 1.07 bits per heavy atom. The molecule has 2 aliphatic rings. The maximum absolute atomic E-state index is 13.3. The van der Waals surface area contributed by atoms with Gasteiger partial charge in [0.25, 0.3) is 0 Å². The number of carbonyl (C=O) groups is 1. The number of likely N-dealkylation sites (tertiary alicyclic amines) is 1. The molecule has 1 aromatic carbocycles. The summed E-state index contributed by atoms with van der Waals surface area (Å²) in [7, 11) is 0. The topological polar surface area (TPSA) is 85.6 Å². The van der Waals surface area contributed by atoms with Crippen molar-refractivity contribution >= 4 is 22.7 Å². The number of pyridine rings is 2. The van der Waals surface area contributed by atoms with Gasteiger partial charge >= 0.3 is 5.97 Å². The third-order valence-corrected chi connectivity index (χ3v) is 8.77. The van der Waals surface area contributed by atoms with Gasteiger partial charge in [0.1, 0.15) is 5.60 Å². The van der Waals surface area contributed by atoms with E-state index in [4.69, 9.17) is 19.6 Å². The Balaban J connectivity index is 1.21. The third-order valence-electron chi connectivity index (χ3n) is 8.77. The van der Waals surface area contributed by atoms with Crippen LogP contribution in [0.1, 0.15) is 62.9 Å². The molecule has 0 amide bonds. The molecule has 1 unspecified atom stereocenters. The molecule has 2 saturated heterocycles. The van der Waals surface area contributed by atoms with E-state index in [-0.39, 0.29) is 11.9 Å². The number of aryl methyl sites for hydroxylation is 2. The number of fused-ring (bicyclic) bond motifs is 1. The molecular weight excluding hydrogens is 564 g/mol. The van der Waals surface area contributed by atoms with Crippen LogP contribution in [0.3, 0.4) is 0 Å². The second kappa shape index (κ2) is 13.7. The predicted octanol–water partition coefficient (Wildman–Crippen LogP) is 5.73. The molecule has 4 aromatic rings. The van der Waals surface area contributed by atoms with Crippen LogP contribution in [0.25, 0.3) is 16.7 Å². The van der Waals surface area contributed by atoms with E-state index in [1.807, 2.05) is 50.7 Å². The van der Waals surface area contributed by atoms with E-state index in [0.29, 0.717) is 25.6 Å². The van der Waals surface area contributed by atoms with Crippen LogP contribution in [0, 0.1) is 12.8 Å². The lowest BCUT2D eigenvalue weighted by atomic mass is 9.93. The second-order valence-corrected chi connectivity index (χ2v) is 13.6. The van der Waals surface area contributed by atoms with E-state index >= 15 is 0 Å². The molecule has 2 atom stereocenters. The molecule has 2 aliphatic heterocycles. The number of morpholine rings is 1. The molecule has 6 rings (SSSR count). The van der Waals surface area contributed by atoms with Crippen molar-refractivity contribution in [2.75, 3.05) is 50.8 Å². The summed E-state index contributed by atoms with van der Waals surface area (Å²) < 4.78 is 13.4. The smallest absolute Gasteiger partial charge is 0.306 e. The average molecular weight is 611 g/mol. The van der Waals surface area contributed by atoms with Gasteiger partial charge in [0.2, 0.25) is 0 Å². The number of benzene rings is 1. The molecule has 0 N–H and O–H groups in total. The Bertz CT molecular complexity index is 1610. The molecule has 0 radical (unpaired) electrons. The van der Waals surface area contributed by atoms with E-state index in [0.717, 1.165) is 91.3 Å². The van der Waals surface area contributed by atoms with Crippen LogP contribution in [0.2, 0.25) is 0 Å². The number of aromatic nitrogens is 4. The number of ether oxygens (including phenoxy) is 2. The van der Waals surface area contributed by atoms with Gasteiger partial charge in [-0.3, -0.25) is 4.79 Å². The lowest BCUT2D eigenvalue weighted by Gasteiger charge is -2.31. The van der Waals surface area contributed by atoms with Gasteiger partial charge in [-0.1, -0.05) is 0 Å². The Morgan fingerprint density at radius 2 is 1.89 bits per heavy atom. The zero-order chi connectivity index (χ0) is 31.4. The minimum atomic E-state index is -0.528. The van der Waals surface area contributed by atoms with Crippen molar-refractivity contribution < 1.29 is 14.3 Å². The molecule has 238 valence electrons. The van der Waals surface area contributed by atoms with Crippen molar-refractivity contribution in [1.29, 1.82) is 0 Å². The molecule has 9 heteroatoms. The number of nitrogens with zero attached hydrogens (tertiary/aromatic N) is 6. The first-order chi connectivity index (χ1) is 21.7. The van der Waals surface area contributed by atoms with E-state index in [2.05, 4.69) is 51.2 Å². The van der Waals surface area contributed by atoms with Crippen molar-refractivity contribution in [1.82, 2.24) is 24.6 Å². The Morgan fingerprint density at radius 3 is 2.67 bits per heavy atom. The molecule has 0 saturated carbocycles. The van der Waals surface area contributed by atoms with Gasteiger partial charge in [0, 0.05) is 61.3 Å². The minimum absolute atomic E-state index is 0.0109. The fourth-order valence-corrected chi connectivity index (χ4v) is 6.53. The van der Waals surface area contributed by atoms with Crippen LogP contribution >= 0.6 is 0 Å². The average Bonchev–Trinajstić information content (AvgIpc) is 3.67. The van der Waals surface area contributed by atoms with Crippen LogP contribution < -0.4 is 4.90 Å². The van der Waals surface area contributed by atoms with Crippen molar-refractivity contribution in [2.45, 2.75) is 64.9 Å². The van der Waals surface area contributed by atoms with Gasteiger partial charge in [-0.15, -0.1) is 0 Å². The summed E-state index contributed by atoms with van der Waals surface area (Å²) in [6, 6.07) is 17.0. The minimum Gasteiger partial charge on any atom is -0.460 e. The van der Waals surface area contributed by atoms with Crippen LogP contribution in [0.4, 0.5) is 5.69 Å². The van der Waals surface area contributed by atoms with Crippen molar-refractivity contribution in [3.8, 4) is 5.69 Å². The summed E-state index contributed by atoms with van der Waals surface area (Å²) in [5.74, 6) is 0.423. The molecule has 0 bridgehead atoms. The molecule has 0 aliphatic carbocycles. The van der Waals surface area contributed by atoms with Crippen LogP contribution in [0.15, 0.2) is 60.9 Å². The molecule has 5 heterocycles. The highest BCUT2D eigenvalue weighted by atomic mass is 16.6. The number of hydrogen-bond acceptors (Lipinski definition) is 8. The van der Waals surface area contributed by atoms with Crippen LogP contribution in [0.5, 0.6) is 0 Å². The molecular formula is C36H46N6O3. The summed E-state index contributed by atoms with van der Waals surface area (Å²) in [6.45, 7) is 13.8.